The van der Waals surface area contributed by atoms with Gasteiger partial charge in [-0.25, -0.2) is 4.39 Å². The molecule has 0 saturated heterocycles. The second-order valence-corrected chi connectivity index (χ2v) is 3.02. The zero-order chi connectivity index (χ0) is 9.30. The van der Waals surface area contributed by atoms with E-state index in [1.54, 1.807) is 14.8 Å². The summed E-state index contributed by atoms with van der Waals surface area (Å²) in [6.07, 6.45) is 0.482. The van der Waals surface area contributed by atoms with Crippen LogP contribution in [0.1, 0.15) is 15.9 Å². The van der Waals surface area contributed by atoms with Crippen molar-refractivity contribution in [2.24, 2.45) is 0 Å². The average Bonchev–Trinajstić information content (AvgIpc) is 2.01. The highest BCUT2D eigenvalue weighted by atomic mass is 35.5. The average molecular weight is 184 g/mol. The Hall–Kier alpha value is -0.825. The predicted octanol–water partition coefficient (Wildman–Crippen LogP) is 0.858. The lowest BCUT2D eigenvalue weighted by Gasteiger charge is -2.05. The molecule has 1 aromatic carbocycles. The SMILES string of the molecule is Bc1c(Cl)c(C)cc(F)c1C=O. The van der Waals surface area contributed by atoms with Crippen LogP contribution in [0.4, 0.5) is 4.39 Å². The first-order valence-corrected chi connectivity index (χ1v) is 3.86. The molecule has 0 N–H and O–H groups in total. The van der Waals surface area contributed by atoms with Gasteiger partial charge < -0.3 is 0 Å². The van der Waals surface area contributed by atoms with Crippen molar-refractivity contribution in [2.45, 2.75) is 6.92 Å². The van der Waals surface area contributed by atoms with Crippen LogP contribution < -0.4 is 5.46 Å². The zero-order valence-corrected chi connectivity index (χ0v) is 7.57. The summed E-state index contributed by atoms with van der Waals surface area (Å²) in [6.45, 7) is 1.70. The fourth-order valence-electron chi connectivity index (χ4n) is 1.07. The van der Waals surface area contributed by atoms with Crippen molar-refractivity contribution in [1.29, 1.82) is 0 Å². The molecule has 0 fully saturated rings. The van der Waals surface area contributed by atoms with Crippen molar-refractivity contribution in [2.75, 3.05) is 0 Å². The summed E-state index contributed by atoms with van der Waals surface area (Å²) in [4.78, 5) is 10.4. The fourth-order valence-corrected chi connectivity index (χ4v) is 1.23. The quantitative estimate of drug-likeness (QED) is 0.467. The van der Waals surface area contributed by atoms with Crippen molar-refractivity contribution < 1.29 is 9.18 Å². The van der Waals surface area contributed by atoms with E-state index in [0.717, 1.165) is 0 Å². The van der Waals surface area contributed by atoms with Crippen LogP contribution in [0.15, 0.2) is 6.07 Å². The topological polar surface area (TPSA) is 17.1 Å². The standard InChI is InChI=1S/C8H7BClFO/c1-4-2-6(11)5(3-12)7(9)8(4)10/h2-3H,9H2,1H3. The van der Waals surface area contributed by atoms with E-state index in [1.165, 1.54) is 6.07 Å². The Bertz CT molecular complexity index is 338. The number of hydrogen-bond donors (Lipinski definition) is 0. The van der Waals surface area contributed by atoms with Crippen molar-refractivity contribution >= 4 is 31.2 Å². The molecule has 0 radical (unpaired) electrons. The van der Waals surface area contributed by atoms with Gasteiger partial charge in [-0.2, -0.15) is 0 Å². The first-order valence-electron chi connectivity index (χ1n) is 3.48. The number of benzene rings is 1. The van der Waals surface area contributed by atoms with Gasteiger partial charge in [-0.3, -0.25) is 4.79 Å². The van der Waals surface area contributed by atoms with Crippen LogP contribution >= 0.6 is 11.6 Å². The van der Waals surface area contributed by atoms with Crippen molar-refractivity contribution in [3.63, 3.8) is 0 Å². The normalized spacial score (nSPS) is 9.92. The van der Waals surface area contributed by atoms with Crippen LogP contribution in [0, 0.1) is 12.7 Å². The van der Waals surface area contributed by atoms with E-state index in [4.69, 9.17) is 11.6 Å². The number of halogens is 2. The third kappa shape index (κ3) is 1.37. The molecule has 4 heteroatoms. The van der Waals surface area contributed by atoms with E-state index < -0.39 is 5.82 Å². The third-order valence-electron chi connectivity index (χ3n) is 1.80. The van der Waals surface area contributed by atoms with Crippen LogP contribution in [0.25, 0.3) is 0 Å². The third-order valence-corrected chi connectivity index (χ3v) is 2.38. The van der Waals surface area contributed by atoms with E-state index in [1.807, 2.05) is 0 Å². The molecule has 0 aliphatic heterocycles. The molecule has 1 nitrogen and oxygen atoms in total. The summed E-state index contributed by atoms with van der Waals surface area (Å²) in [5.74, 6) is -0.510. The Labute approximate surface area is 75.9 Å². The molecule has 0 aliphatic rings. The van der Waals surface area contributed by atoms with Crippen molar-refractivity contribution in [3.05, 3.63) is 28.0 Å². The lowest BCUT2D eigenvalue weighted by Crippen LogP contribution is -2.15. The Morgan fingerprint density at radius 2 is 2.25 bits per heavy atom. The molecule has 0 bridgehead atoms. The first kappa shape index (κ1) is 9.26. The van der Waals surface area contributed by atoms with Crippen LogP contribution in [-0.2, 0) is 0 Å². The number of carbonyl (C=O) groups is 1. The largest absolute Gasteiger partial charge is 0.298 e. The number of aryl methyl sites for hydroxylation is 1. The minimum Gasteiger partial charge on any atom is -0.298 e. The molecule has 0 aromatic heterocycles. The Kier molecular flexibility index (Phi) is 2.53. The molecule has 0 saturated carbocycles. The molecule has 1 rings (SSSR count). The van der Waals surface area contributed by atoms with Crippen LogP contribution in [0.5, 0.6) is 0 Å². The zero-order valence-electron chi connectivity index (χ0n) is 6.82. The van der Waals surface area contributed by atoms with Crippen molar-refractivity contribution in [3.8, 4) is 0 Å². The van der Waals surface area contributed by atoms with Gasteiger partial charge in [-0.05, 0) is 18.6 Å². The van der Waals surface area contributed by atoms with E-state index in [2.05, 4.69) is 0 Å². The minimum atomic E-state index is -0.510. The molecule has 0 atom stereocenters. The molecule has 0 spiro atoms. The summed E-state index contributed by atoms with van der Waals surface area (Å²) in [5, 5.41) is 0.457. The van der Waals surface area contributed by atoms with E-state index in [9.17, 15) is 9.18 Å². The maximum absolute atomic E-state index is 13.0. The Balaban J connectivity index is 3.51. The molecule has 0 amide bonds. The summed E-state index contributed by atoms with van der Waals surface area (Å²) in [7, 11) is 1.63. The summed E-state index contributed by atoms with van der Waals surface area (Å²) < 4.78 is 13.0. The van der Waals surface area contributed by atoms with E-state index in [-0.39, 0.29) is 5.56 Å². The number of carbonyl (C=O) groups excluding carboxylic acids is 1. The van der Waals surface area contributed by atoms with Gasteiger partial charge in [-0.1, -0.05) is 17.1 Å². The van der Waals surface area contributed by atoms with Gasteiger partial charge in [0.15, 0.2) is 6.29 Å². The van der Waals surface area contributed by atoms with Crippen LogP contribution in [-0.4, -0.2) is 14.1 Å². The minimum absolute atomic E-state index is 0.0469. The number of rotatable bonds is 1. The molecule has 62 valence electrons. The van der Waals surface area contributed by atoms with E-state index >= 15 is 0 Å². The number of hydrogen-bond acceptors (Lipinski definition) is 1. The highest BCUT2D eigenvalue weighted by Gasteiger charge is 2.10. The van der Waals surface area contributed by atoms with E-state index in [0.29, 0.717) is 22.3 Å². The van der Waals surface area contributed by atoms with Gasteiger partial charge in [0.2, 0.25) is 0 Å². The van der Waals surface area contributed by atoms with Gasteiger partial charge in [0.05, 0.1) is 0 Å². The molecular formula is C8H7BClFO. The molecule has 1 aromatic rings. The van der Waals surface area contributed by atoms with Gasteiger partial charge in [0.25, 0.3) is 0 Å². The van der Waals surface area contributed by atoms with Crippen molar-refractivity contribution in [1.82, 2.24) is 0 Å². The molecule has 0 heterocycles. The van der Waals surface area contributed by atoms with Crippen LogP contribution in [0.3, 0.4) is 0 Å². The fraction of sp³-hybridized carbons (Fsp3) is 0.125. The second kappa shape index (κ2) is 3.27. The summed E-state index contributed by atoms with van der Waals surface area (Å²) in [5.41, 5.74) is 1.20. The molecule has 0 unspecified atom stereocenters. The highest BCUT2D eigenvalue weighted by Crippen LogP contribution is 2.15. The van der Waals surface area contributed by atoms with Gasteiger partial charge >= 0.3 is 0 Å². The maximum Gasteiger partial charge on any atom is 0.152 e. The smallest absolute Gasteiger partial charge is 0.152 e. The lowest BCUT2D eigenvalue weighted by atomic mass is 9.89. The van der Waals surface area contributed by atoms with Crippen LogP contribution in [0.2, 0.25) is 5.02 Å². The molecule has 12 heavy (non-hydrogen) atoms. The molecular weight excluding hydrogens is 177 g/mol. The first-order chi connectivity index (χ1) is 5.57. The number of aldehydes is 1. The Morgan fingerprint density at radius 1 is 1.67 bits per heavy atom. The van der Waals surface area contributed by atoms with Gasteiger partial charge in [0.1, 0.15) is 13.7 Å². The summed E-state index contributed by atoms with van der Waals surface area (Å²) in [6, 6.07) is 1.26. The van der Waals surface area contributed by atoms with Gasteiger partial charge in [-0.15, -0.1) is 0 Å². The Morgan fingerprint density at radius 3 is 2.75 bits per heavy atom. The maximum atomic E-state index is 13.0. The lowest BCUT2D eigenvalue weighted by molar-refractivity contribution is 0.112. The molecule has 0 aliphatic carbocycles. The van der Waals surface area contributed by atoms with Gasteiger partial charge in [0, 0.05) is 10.6 Å². The monoisotopic (exact) mass is 184 g/mol. The summed E-state index contributed by atoms with van der Waals surface area (Å²) >= 11 is 5.81. The second-order valence-electron chi connectivity index (χ2n) is 2.65. The predicted molar refractivity (Wildman–Crippen MR) is 49.7 cm³/mol. The highest BCUT2D eigenvalue weighted by molar-refractivity contribution is 6.47.